The fourth-order valence-corrected chi connectivity index (χ4v) is 4.71. The summed E-state index contributed by atoms with van der Waals surface area (Å²) in [6.45, 7) is 2.18. The Hall–Kier alpha value is -1.51. The van der Waals surface area contributed by atoms with E-state index in [-0.39, 0.29) is 17.5 Å². The van der Waals surface area contributed by atoms with Crippen molar-refractivity contribution in [1.29, 1.82) is 0 Å². The van der Waals surface area contributed by atoms with Gasteiger partial charge < -0.3 is 4.74 Å². The van der Waals surface area contributed by atoms with Crippen LogP contribution < -0.4 is 4.74 Å². The summed E-state index contributed by atoms with van der Waals surface area (Å²) >= 11 is 3.36. The fraction of sp³-hybridized carbons (Fsp3) is 0.312. The second-order valence-electron chi connectivity index (χ2n) is 5.59. The molecule has 1 aliphatic heterocycles. The summed E-state index contributed by atoms with van der Waals surface area (Å²) in [6, 6.07) is 7.29. The van der Waals surface area contributed by atoms with E-state index in [0.717, 1.165) is 10.5 Å². The highest BCUT2D eigenvalue weighted by atomic mass is 79.9. The van der Waals surface area contributed by atoms with Crippen LogP contribution in [0.2, 0.25) is 0 Å². The molecule has 1 atom stereocenters. The van der Waals surface area contributed by atoms with Crippen LogP contribution in [0.4, 0.5) is 4.39 Å². The van der Waals surface area contributed by atoms with Gasteiger partial charge in [0.05, 0.1) is 15.9 Å². The Balaban J connectivity index is 1.76. The van der Waals surface area contributed by atoms with Crippen molar-refractivity contribution >= 4 is 26.0 Å². The zero-order chi connectivity index (χ0) is 17.3. The fourth-order valence-electron chi connectivity index (χ4n) is 2.67. The average Bonchev–Trinajstić information content (AvgIpc) is 2.98. The normalized spacial score (nSPS) is 18.7. The van der Waals surface area contributed by atoms with Gasteiger partial charge in [0.1, 0.15) is 11.9 Å². The summed E-state index contributed by atoms with van der Waals surface area (Å²) in [5.41, 5.74) is 0.395. The molecule has 24 heavy (non-hydrogen) atoms. The number of nitrogens with zero attached hydrogens (tertiary/aromatic N) is 2. The van der Waals surface area contributed by atoms with E-state index in [4.69, 9.17) is 4.74 Å². The molecule has 1 aromatic carbocycles. The largest absolute Gasteiger partial charge is 0.472 e. The third-order valence-corrected chi connectivity index (χ3v) is 6.49. The number of halogens is 2. The summed E-state index contributed by atoms with van der Waals surface area (Å²) in [4.78, 5) is 4.26. The molecule has 0 radical (unpaired) electrons. The van der Waals surface area contributed by atoms with Crippen LogP contribution in [-0.4, -0.2) is 36.9 Å². The van der Waals surface area contributed by atoms with Gasteiger partial charge in [-0.15, -0.1) is 0 Å². The number of pyridine rings is 1. The first-order chi connectivity index (χ1) is 11.4. The minimum atomic E-state index is -3.67. The molecule has 1 aromatic heterocycles. The molecule has 2 aromatic rings. The molecule has 8 heteroatoms. The summed E-state index contributed by atoms with van der Waals surface area (Å²) in [5, 5.41) is 0. The summed E-state index contributed by atoms with van der Waals surface area (Å²) in [7, 11) is -3.67. The minimum Gasteiger partial charge on any atom is -0.472 e. The number of ether oxygens (including phenoxy) is 1. The molecule has 3 rings (SSSR count). The number of aryl methyl sites for hydroxylation is 1. The summed E-state index contributed by atoms with van der Waals surface area (Å²) in [6.07, 6.45) is 1.92. The van der Waals surface area contributed by atoms with Gasteiger partial charge in [0.25, 0.3) is 0 Å². The zero-order valence-electron chi connectivity index (χ0n) is 12.9. The van der Waals surface area contributed by atoms with Crippen LogP contribution in [0.25, 0.3) is 0 Å². The van der Waals surface area contributed by atoms with Crippen molar-refractivity contribution in [3.63, 3.8) is 0 Å². The topological polar surface area (TPSA) is 59.5 Å². The van der Waals surface area contributed by atoms with Crippen LogP contribution in [0.1, 0.15) is 12.0 Å². The molecule has 0 N–H and O–H groups in total. The molecule has 5 nitrogen and oxygen atoms in total. The molecule has 0 spiro atoms. The van der Waals surface area contributed by atoms with Crippen LogP contribution in [0.5, 0.6) is 5.88 Å². The van der Waals surface area contributed by atoms with E-state index in [1.165, 1.54) is 16.4 Å². The quantitative estimate of drug-likeness (QED) is 0.770. The van der Waals surface area contributed by atoms with Gasteiger partial charge in [0.15, 0.2) is 0 Å². The summed E-state index contributed by atoms with van der Waals surface area (Å²) in [5.74, 6) is -0.00575. The van der Waals surface area contributed by atoms with Crippen LogP contribution in [0.15, 0.2) is 45.9 Å². The molecule has 0 bridgehead atoms. The molecule has 128 valence electrons. The second-order valence-corrected chi connectivity index (χ2v) is 8.35. The summed E-state index contributed by atoms with van der Waals surface area (Å²) < 4.78 is 46.6. The third kappa shape index (κ3) is 3.45. The Morgan fingerprint density at radius 2 is 2.17 bits per heavy atom. The number of hydrogen-bond acceptors (Lipinski definition) is 4. The molecule has 1 fully saturated rings. The molecule has 0 saturated carbocycles. The minimum absolute atomic E-state index is 0.128. The predicted molar refractivity (Wildman–Crippen MR) is 90.9 cm³/mol. The molecule has 0 unspecified atom stereocenters. The van der Waals surface area contributed by atoms with E-state index < -0.39 is 15.8 Å². The Bertz CT molecular complexity index is 860. The molecule has 1 aliphatic rings. The molecule has 0 aliphatic carbocycles. The van der Waals surface area contributed by atoms with Gasteiger partial charge in [-0.05, 0) is 65.2 Å². The maximum Gasteiger partial charge on any atom is 0.243 e. The molecule has 2 heterocycles. The predicted octanol–water partition coefficient (Wildman–Crippen LogP) is 3.13. The molecule has 0 amide bonds. The van der Waals surface area contributed by atoms with E-state index in [9.17, 15) is 12.8 Å². The van der Waals surface area contributed by atoms with Gasteiger partial charge in [0.2, 0.25) is 15.9 Å². The molecular weight excluding hydrogens is 399 g/mol. The highest BCUT2D eigenvalue weighted by Crippen LogP contribution is 2.28. The molecular formula is C16H16BrFN2O3S. The van der Waals surface area contributed by atoms with Gasteiger partial charge in [-0.3, -0.25) is 0 Å². The first kappa shape index (κ1) is 17.3. The Kier molecular flexibility index (Phi) is 4.89. The Labute approximate surface area is 148 Å². The van der Waals surface area contributed by atoms with Gasteiger partial charge in [-0.2, -0.15) is 4.31 Å². The van der Waals surface area contributed by atoms with Crippen molar-refractivity contribution in [3.8, 4) is 5.88 Å². The monoisotopic (exact) mass is 414 g/mol. The maximum atomic E-state index is 13.2. The van der Waals surface area contributed by atoms with E-state index in [0.29, 0.717) is 24.4 Å². The first-order valence-electron chi connectivity index (χ1n) is 7.41. The smallest absolute Gasteiger partial charge is 0.243 e. The van der Waals surface area contributed by atoms with E-state index >= 15 is 0 Å². The third-order valence-electron chi connectivity index (χ3n) is 3.87. The van der Waals surface area contributed by atoms with Crippen LogP contribution in [-0.2, 0) is 10.0 Å². The number of rotatable bonds is 4. The second kappa shape index (κ2) is 6.78. The number of sulfonamides is 1. The lowest BCUT2D eigenvalue weighted by molar-refractivity contribution is 0.205. The number of aromatic nitrogens is 1. The van der Waals surface area contributed by atoms with Crippen molar-refractivity contribution in [2.24, 2.45) is 0 Å². The van der Waals surface area contributed by atoms with E-state index in [1.54, 1.807) is 19.2 Å². The number of hydrogen-bond donors (Lipinski definition) is 0. The lowest BCUT2D eigenvalue weighted by Gasteiger charge is -2.18. The van der Waals surface area contributed by atoms with Crippen molar-refractivity contribution in [2.45, 2.75) is 24.3 Å². The average molecular weight is 415 g/mol. The van der Waals surface area contributed by atoms with Crippen LogP contribution >= 0.6 is 15.9 Å². The van der Waals surface area contributed by atoms with Crippen molar-refractivity contribution in [3.05, 3.63) is 52.4 Å². The first-order valence-corrected chi connectivity index (χ1v) is 9.65. The number of benzene rings is 1. The lowest BCUT2D eigenvalue weighted by atomic mass is 10.2. The highest BCUT2D eigenvalue weighted by Gasteiger charge is 2.34. The molecule has 1 saturated heterocycles. The van der Waals surface area contributed by atoms with Crippen molar-refractivity contribution in [1.82, 2.24) is 9.29 Å². The van der Waals surface area contributed by atoms with E-state index in [2.05, 4.69) is 20.9 Å². The maximum absolute atomic E-state index is 13.2. The SMILES string of the molecule is Cc1cc(F)ccc1S(=O)(=O)N1CC[C@@H](Oc2ncccc2Br)C1. The van der Waals surface area contributed by atoms with Gasteiger partial charge >= 0.3 is 0 Å². The standard InChI is InChI=1S/C16H16BrFN2O3S/c1-11-9-12(18)4-5-15(11)24(21,22)20-8-6-13(10-20)23-16-14(17)3-2-7-19-16/h2-5,7,9,13H,6,8,10H2,1H3/t13-/m1/s1. The van der Waals surface area contributed by atoms with Gasteiger partial charge in [0, 0.05) is 12.7 Å². The Morgan fingerprint density at radius 3 is 2.88 bits per heavy atom. The highest BCUT2D eigenvalue weighted by molar-refractivity contribution is 9.10. The van der Waals surface area contributed by atoms with Gasteiger partial charge in [-0.1, -0.05) is 0 Å². The van der Waals surface area contributed by atoms with E-state index in [1.807, 2.05) is 6.07 Å². The lowest BCUT2D eigenvalue weighted by Crippen LogP contribution is -2.31. The van der Waals surface area contributed by atoms with Crippen molar-refractivity contribution < 1.29 is 17.5 Å². The van der Waals surface area contributed by atoms with Crippen molar-refractivity contribution in [2.75, 3.05) is 13.1 Å². The van der Waals surface area contributed by atoms with Gasteiger partial charge in [-0.25, -0.2) is 17.8 Å². The van der Waals surface area contributed by atoms with Crippen LogP contribution in [0, 0.1) is 12.7 Å². The Morgan fingerprint density at radius 1 is 1.38 bits per heavy atom. The van der Waals surface area contributed by atoms with Crippen LogP contribution in [0.3, 0.4) is 0 Å². The zero-order valence-corrected chi connectivity index (χ0v) is 15.3.